The zero-order chi connectivity index (χ0) is 16.4. The lowest BCUT2D eigenvalue weighted by atomic mass is 10.1. The van der Waals surface area contributed by atoms with E-state index in [4.69, 9.17) is 15.2 Å². The zero-order valence-corrected chi connectivity index (χ0v) is 13.3. The van der Waals surface area contributed by atoms with E-state index in [9.17, 15) is 4.79 Å². The molecule has 5 nitrogen and oxygen atoms in total. The number of rotatable bonds is 4. The van der Waals surface area contributed by atoms with E-state index in [-0.39, 0.29) is 12.0 Å². The minimum atomic E-state index is -0.211. The molecule has 1 heterocycles. The molecule has 2 aromatic carbocycles. The van der Waals surface area contributed by atoms with Crippen LogP contribution in [-0.2, 0) is 6.42 Å². The number of hydrogen-bond acceptors (Lipinski definition) is 4. The number of anilines is 2. The van der Waals surface area contributed by atoms with Crippen LogP contribution in [0.25, 0.3) is 0 Å². The Balaban J connectivity index is 1.88. The van der Waals surface area contributed by atoms with Crippen molar-refractivity contribution in [2.75, 3.05) is 17.7 Å². The molecule has 3 N–H and O–H groups in total. The largest absolute Gasteiger partial charge is 0.492 e. The van der Waals surface area contributed by atoms with Gasteiger partial charge in [0.2, 0.25) is 0 Å². The van der Waals surface area contributed by atoms with Crippen LogP contribution in [-0.4, -0.2) is 18.6 Å². The van der Waals surface area contributed by atoms with Crippen molar-refractivity contribution in [3.05, 3.63) is 47.5 Å². The first-order valence-corrected chi connectivity index (χ1v) is 7.70. The molecule has 1 aliphatic rings. The Morgan fingerprint density at radius 2 is 2.09 bits per heavy atom. The summed E-state index contributed by atoms with van der Waals surface area (Å²) < 4.78 is 11.4. The van der Waals surface area contributed by atoms with E-state index in [1.165, 1.54) is 0 Å². The summed E-state index contributed by atoms with van der Waals surface area (Å²) >= 11 is 0. The number of nitrogen functional groups attached to an aromatic ring is 1. The maximum Gasteiger partial charge on any atom is 0.255 e. The number of hydrogen-bond donors (Lipinski definition) is 2. The summed E-state index contributed by atoms with van der Waals surface area (Å²) in [6.45, 7) is 4.46. The molecule has 0 aromatic heterocycles. The highest BCUT2D eigenvalue weighted by molar-refractivity contribution is 6.05. The molecule has 120 valence electrons. The van der Waals surface area contributed by atoms with Gasteiger partial charge in [0.25, 0.3) is 5.91 Å². The number of fused-ring (bicyclic) bond motifs is 1. The average molecular weight is 312 g/mol. The van der Waals surface area contributed by atoms with Crippen molar-refractivity contribution in [3.8, 4) is 11.5 Å². The van der Waals surface area contributed by atoms with Crippen LogP contribution in [0.2, 0.25) is 0 Å². The van der Waals surface area contributed by atoms with Crippen molar-refractivity contribution < 1.29 is 14.3 Å². The molecule has 0 saturated heterocycles. The van der Waals surface area contributed by atoms with Crippen LogP contribution in [0.5, 0.6) is 11.5 Å². The molecule has 5 heteroatoms. The van der Waals surface area contributed by atoms with Crippen molar-refractivity contribution in [3.63, 3.8) is 0 Å². The predicted molar refractivity (Wildman–Crippen MR) is 90.2 cm³/mol. The highest BCUT2D eigenvalue weighted by atomic mass is 16.5. The summed E-state index contributed by atoms with van der Waals surface area (Å²) in [5.41, 5.74) is 8.53. The molecule has 2 aromatic rings. The van der Waals surface area contributed by atoms with Gasteiger partial charge in [0.05, 0.1) is 12.3 Å². The fourth-order valence-electron chi connectivity index (χ4n) is 2.64. The number of carbonyl (C=O) groups is 1. The second-order valence-electron chi connectivity index (χ2n) is 5.60. The SMILES string of the molecule is CCOc1cc2c(cc1NC(=O)c1ccc(N)cc1)OC(C)C2. The Labute approximate surface area is 135 Å². The molecule has 0 saturated carbocycles. The molecule has 1 amide bonds. The van der Waals surface area contributed by atoms with E-state index in [1.54, 1.807) is 24.3 Å². The summed E-state index contributed by atoms with van der Waals surface area (Å²) in [6, 6.07) is 10.6. The van der Waals surface area contributed by atoms with E-state index >= 15 is 0 Å². The van der Waals surface area contributed by atoms with Crippen LogP contribution in [0.4, 0.5) is 11.4 Å². The summed E-state index contributed by atoms with van der Waals surface area (Å²) in [5.74, 6) is 1.25. The van der Waals surface area contributed by atoms with Crippen LogP contribution in [0.3, 0.4) is 0 Å². The molecule has 0 fully saturated rings. The normalized spacial score (nSPS) is 15.7. The van der Waals surface area contributed by atoms with Gasteiger partial charge in [-0.25, -0.2) is 0 Å². The number of nitrogens with one attached hydrogen (secondary N) is 1. The zero-order valence-electron chi connectivity index (χ0n) is 13.3. The Kier molecular flexibility index (Phi) is 4.10. The lowest BCUT2D eigenvalue weighted by Crippen LogP contribution is -2.13. The van der Waals surface area contributed by atoms with Gasteiger partial charge in [-0.3, -0.25) is 4.79 Å². The number of amides is 1. The topological polar surface area (TPSA) is 73.6 Å². The summed E-state index contributed by atoms with van der Waals surface area (Å²) in [6.07, 6.45) is 0.990. The van der Waals surface area contributed by atoms with E-state index in [2.05, 4.69) is 5.32 Å². The molecule has 0 radical (unpaired) electrons. The van der Waals surface area contributed by atoms with Crippen LogP contribution < -0.4 is 20.5 Å². The molecule has 3 rings (SSSR count). The molecule has 1 atom stereocenters. The van der Waals surface area contributed by atoms with Crippen molar-refractivity contribution in [2.45, 2.75) is 26.4 Å². The Morgan fingerprint density at radius 1 is 1.35 bits per heavy atom. The van der Waals surface area contributed by atoms with Crippen LogP contribution >= 0.6 is 0 Å². The monoisotopic (exact) mass is 312 g/mol. The molecule has 23 heavy (non-hydrogen) atoms. The Bertz CT molecular complexity index is 726. The standard InChI is InChI=1S/C18H20N2O3/c1-3-22-17-9-13-8-11(2)23-16(13)10-15(17)20-18(21)12-4-6-14(19)7-5-12/h4-7,9-11H,3,8,19H2,1-2H3,(H,20,21). The first-order chi connectivity index (χ1) is 11.1. The molecule has 0 spiro atoms. The van der Waals surface area contributed by atoms with Crippen molar-refractivity contribution in [1.29, 1.82) is 0 Å². The van der Waals surface area contributed by atoms with Gasteiger partial charge in [0.15, 0.2) is 0 Å². The lowest BCUT2D eigenvalue weighted by molar-refractivity contribution is 0.102. The second kappa shape index (κ2) is 6.20. The van der Waals surface area contributed by atoms with Gasteiger partial charge in [-0.15, -0.1) is 0 Å². The van der Waals surface area contributed by atoms with E-state index in [1.807, 2.05) is 26.0 Å². The Hall–Kier alpha value is -2.69. The smallest absolute Gasteiger partial charge is 0.255 e. The Morgan fingerprint density at radius 3 is 2.78 bits per heavy atom. The summed E-state index contributed by atoms with van der Waals surface area (Å²) in [5, 5.41) is 2.89. The third-order valence-corrected chi connectivity index (χ3v) is 3.72. The first-order valence-electron chi connectivity index (χ1n) is 7.70. The highest BCUT2D eigenvalue weighted by Gasteiger charge is 2.22. The molecular weight excluding hydrogens is 292 g/mol. The van der Waals surface area contributed by atoms with Crippen LogP contribution in [0, 0.1) is 0 Å². The maximum absolute atomic E-state index is 12.4. The van der Waals surface area contributed by atoms with Crippen LogP contribution in [0.15, 0.2) is 36.4 Å². The van der Waals surface area contributed by atoms with E-state index in [0.717, 1.165) is 17.7 Å². The third kappa shape index (κ3) is 3.23. The van der Waals surface area contributed by atoms with E-state index < -0.39 is 0 Å². The number of carbonyl (C=O) groups excluding carboxylic acids is 1. The van der Waals surface area contributed by atoms with Gasteiger partial charge in [-0.1, -0.05) is 0 Å². The fourth-order valence-corrected chi connectivity index (χ4v) is 2.64. The van der Waals surface area contributed by atoms with Crippen molar-refractivity contribution >= 4 is 17.3 Å². The fraction of sp³-hybridized carbons (Fsp3) is 0.278. The summed E-state index contributed by atoms with van der Waals surface area (Å²) in [4.78, 5) is 12.4. The maximum atomic E-state index is 12.4. The molecule has 1 unspecified atom stereocenters. The minimum absolute atomic E-state index is 0.141. The second-order valence-corrected chi connectivity index (χ2v) is 5.60. The number of nitrogens with two attached hydrogens (primary N) is 1. The minimum Gasteiger partial charge on any atom is -0.492 e. The van der Waals surface area contributed by atoms with Gasteiger partial charge in [-0.2, -0.15) is 0 Å². The van der Waals surface area contributed by atoms with Gasteiger partial charge in [0, 0.05) is 29.3 Å². The van der Waals surface area contributed by atoms with Gasteiger partial charge in [0.1, 0.15) is 17.6 Å². The van der Waals surface area contributed by atoms with Crippen molar-refractivity contribution in [1.82, 2.24) is 0 Å². The third-order valence-electron chi connectivity index (χ3n) is 3.72. The van der Waals surface area contributed by atoms with Crippen molar-refractivity contribution in [2.24, 2.45) is 0 Å². The van der Waals surface area contributed by atoms with Crippen LogP contribution in [0.1, 0.15) is 29.8 Å². The molecular formula is C18H20N2O3. The first kappa shape index (κ1) is 15.2. The quantitative estimate of drug-likeness (QED) is 0.850. The van der Waals surface area contributed by atoms with Gasteiger partial charge < -0.3 is 20.5 Å². The molecule has 0 aliphatic carbocycles. The van der Waals surface area contributed by atoms with E-state index in [0.29, 0.717) is 29.3 Å². The summed E-state index contributed by atoms with van der Waals surface area (Å²) in [7, 11) is 0. The molecule has 1 aliphatic heterocycles. The van der Waals surface area contributed by atoms with Gasteiger partial charge >= 0.3 is 0 Å². The lowest BCUT2D eigenvalue weighted by Gasteiger charge is -2.13. The average Bonchev–Trinajstić information content (AvgIpc) is 2.87. The molecule has 0 bridgehead atoms. The highest BCUT2D eigenvalue weighted by Crippen LogP contribution is 2.38. The number of ether oxygens (including phenoxy) is 2. The van der Waals surface area contributed by atoms with Gasteiger partial charge in [-0.05, 0) is 44.2 Å². The number of benzene rings is 2. The predicted octanol–water partition coefficient (Wildman–Crippen LogP) is 3.24.